The van der Waals surface area contributed by atoms with E-state index in [4.69, 9.17) is 10.1 Å². The number of ether oxygens (including phenoxy) is 1. The van der Waals surface area contributed by atoms with Crippen LogP contribution in [0.3, 0.4) is 0 Å². The van der Waals surface area contributed by atoms with Gasteiger partial charge in [0.25, 0.3) is 0 Å². The third-order valence-electron chi connectivity index (χ3n) is 5.98. The SMILES string of the molecule is COc1ccc([C@@H]2C(=O)N(C)C(=N)C[C@]2(C)c2cc(-c3cc(F)cc(C#N)c3)cs2)cn1. The summed E-state index contributed by atoms with van der Waals surface area (Å²) in [6, 6.07) is 11.7. The number of hydrogen-bond acceptors (Lipinski definition) is 6. The van der Waals surface area contributed by atoms with E-state index >= 15 is 0 Å². The molecule has 0 radical (unpaired) electrons. The predicted molar refractivity (Wildman–Crippen MR) is 120 cm³/mol. The summed E-state index contributed by atoms with van der Waals surface area (Å²) in [6.07, 6.45) is 2.00. The summed E-state index contributed by atoms with van der Waals surface area (Å²) in [4.78, 5) is 19.9. The summed E-state index contributed by atoms with van der Waals surface area (Å²) in [7, 11) is 3.15. The van der Waals surface area contributed by atoms with E-state index < -0.39 is 17.2 Å². The van der Waals surface area contributed by atoms with E-state index in [9.17, 15) is 14.4 Å². The number of likely N-dealkylation sites (tertiary alicyclic amines) is 1. The molecule has 1 fully saturated rings. The lowest BCUT2D eigenvalue weighted by molar-refractivity contribution is -0.131. The van der Waals surface area contributed by atoms with Crippen LogP contribution in [0.15, 0.2) is 48.0 Å². The Hall–Kier alpha value is -3.57. The fraction of sp³-hybridized carbons (Fsp3) is 0.250. The third-order valence-corrected chi connectivity index (χ3v) is 7.19. The van der Waals surface area contributed by atoms with Gasteiger partial charge >= 0.3 is 0 Å². The van der Waals surface area contributed by atoms with Gasteiger partial charge in [0.2, 0.25) is 11.8 Å². The molecule has 6 nitrogen and oxygen atoms in total. The number of methoxy groups -OCH3 is 1. The molecule has 162 valence electrons. The number of piperidine rings is 1. The van der Waals surface area contributed by atoms with Gasteiger partial charge in [0.1, 0.15) is 11.7 Å². The molecule has 1 aromatic carbocycles. The highest BCUT2D eigenvalue weighted by Crippen LogP contribution is 2.49. The average Bonchev–Trinajstić information content (AvgIpc) is 3.29. The molecule has 3 aromatic rings. The quantitative estimate of drug-likeness (QED) is 0.626. The molecule has 0 spiro atoms. The van der Waals surface area contributed by atoms with Crippen LogP contribution >= 0.6 is 11.3 Å². The van der Waals surface area contributed by atoms with Gasteiger partial charge in [-0.2, -0.15) is 5.26 Å². The number of amidine groups is 1. The first-order chi connectivity index (χ1) is 15.3. The number of benzene rings is 1. The minimum atomic E-state index is -0.689. The van der Waals surface area contributed by atoms with Gasteiger partial charge in [-0.25, -0.2) is 9.37 Å². The smallest absolute Gasteiger partial charge is 0.236 e. The number of aromatic nitrogens is 1. The minimum absolute atomic E-state index is 0.178. The molecule has 2 atom stereocenters. The normalized spacial score (nSPS) is 20.8. The van der Waals surface area contributed by atoms with Crippen LogP contribution in [0, 0.1) is 22.6 Å². The first-order valence-electron chi connectivity index (χ1n) is 9.92. The molecule has 2 aromatic heterocycles. The highest BCUT2D eigenvalue weighted by molar-refractivity contribution is 7.10. The van der Waals surface area contributed by atoms with Crippen molar-refractivity contribution in [1.82, 2.24) is 9.88 Å². The lowest BCUT2D eigenvalue weighted by atomic mass is 9.67. The van der Waals surface area contributed by atoms with Crippen molar-refractivity contribution in [1.29, 1.82) is 10.7 Å². The molecule has 4 rings (SSSR count). The van der Waals surface area contributed by atoms with Crippen molar-refractivity contribution in [3.63, 3.8) is 0 Å². The van der Waals surface area contributed by atoms with Gasteiger partial charge in [0.15, 0.2) is 0 Å². The van der Waals surface area contributed by atoms with Crippen molar-refractivity contribution >= 4 is 23.1 Å². The van der Waals surface area contributed by atoms with Crippen LogP contribution in [0.25, 0.3) is 11.1 Å². The molecule has 3 heterocycles. The molecule has 32 heavy (non-hydrogen) atoms. The fourth-order valence-corrected chi connectivity index (χ4v) is 5.31. The number of carbonyl (C=O) groups excluding carboxylic acids is 1. The molecule has 1 N–H and O–H groups in total. The maximum absolute atomic E-state index is 14.0. The second kappa shape index (κ2) is 8.17. The molecule has 8 heteroatoms. The van der Waals surface area contributed by atoms with Crippen molar-refractivity contribution in [3.05, 3.63) is 69.8 Å². The number of thiophene rings is 1. The summed E-state index contributed by atoms with van der Waals surface area (Å²) in [5, 5.41) is 19.5. The van der Waals surface area contributed by atoms with Crippen LogP contribution in [0.2, 0.25) is 0 Å². The third kappa shape index (κ3) is 3.65. The second-order valence-corrected chi connectivity index (χ2v) is 8.96. The number of hydrogen-bond donors (Lipinski definition) is 1. The number of nitriles is 1. The van der Waals surface area contributed by atoms with Crippen molar-refractivity contribution < 1.29 is 13.9 Å². The van der Waals surface area contributed by atoms with Gasteiger partial charge in [-0.3, -0.25) is 10.2 Å². The summed E-state index contributed by atoms with van der Waals surface area (Å²) >= 11 is 1.46. The van der Waals surface area contributed by atoms with Crippen LogP contribution in [0.1, 0.15) is 35.3 Å². The van der Waals surface area contributed by atoms with E-state index in [0.29, 0.717) is 17.9 Å². The number of nitrogens with zero attached hydrogens (tertiary/aromatic N) is 3. The Bertz CT molecular complexity index is 1250. The maximum Gasteiger partial charge on any atom is 0.236 e. The monoisotopic (exact) mass is 448 g/mol. The van der Waals surface area contributed by atoms with Crippen LogP contribution in [0.4, 0.5) is 4.39 Å². The number of amides is 1. The van der Waals surface area contributed by atoms with Crippen molar-refractivity contribution in [3.8, 4) is 23.1 Å². The largest absolute Gasteiger partial charge is 0.481 e. The van der Waals surface area contributed by atoms with Gasteiger partial charge in [-0.15, -0.1) is 11.3 Å². The Morgan fingerprint density at radius 3 is 2.75 bits per heavy atom. The molecule has 0 saturated carbocycles. The van der Waals surface area contributed by atoms with Gasteiger partial charge in [-0.05, 0) is 46.3 Å². The highest BCUT2D eigenvalue weighted by Gasteiger charge is 2.49. The zero-order valence-corrected chi connectivity index (χ0v) is 18.7. The molecule has 1 saturated heterocycles. The van der Waals surface area contributed by atoms with Crippen LogP contribution in [0.5, 0.6) is 5.88 Å². The number of nitrogens with one attached hydrogen (secondary N) is 1. The summed E-state index contributed by atoms with van der Waals surface area (Å²) in [5.41, 5.74) is 1.67. The average molecular weight is 449 g/mol. The van der Waals surface area contributed by atoms with Gasteiger partial charge in [-0.1, -0.05) is 13.0 Å². The Labute approximate surface area is 189 Å². The zero-order chi connectivity index (χ0) is 23.0. The predicted octanol–water partition coefficient (Wildman–Crippen LogP) is 4.71. The molecular formula is C24H21FN4O2S. The number of halogens is 1. The number of likely N-dealkylation sites (N-methyl/N-ethyl adjacent to an activating group) is 1. The highest BCUT2D eigenvalue weighted by atomic mass is 32.1. The first-order valence-corrected chi connectivity index (χ1v) is 10.8. The van der Waals surface area contributed by atoms with E-state index in [1.54, 1.807) is 25.4 Å². The van der Waals surface area contributed by atoms with E-state index in [1.807, 2.05) is 30.5 Å². The van der Waals surface area contributed by atoms with Crippen LogP contribution in [-0.4, -0.2) is 35.8 Å². The zero-order valence-electron chi connectivity index (χ0n) is 17.8. The Morgan fingerprint density at radius 1 is 1.31 bits per heavy atom. The molecule has 0 unspecified atom stereocenters. The fourth-order valence-electron chi connectivity index (χ4n) is 4.20. The van der Waals surface area contributed by atoms with Gasteiger partial charge in [0.05, 0.1) is 24.7 Å². The Balaban J connectivity index is 1.80. The lowest BCUT2D eigenvalue weighted by Crippen LogP contribution is -2.52. The molecule has 0 aliphatic carbocycles. The Kier molecular flexibility index (Phi) is 5.53. The number of rotatable bonds is 4. The maximum atomic E-state index is 14.0. The standard InChI is InChI=1S/C24H21FN4O2S/c1-24(19-9-17(13-32-19)16-6-14(11-26)7-18(25)8-16)10-20(27)29(2)23(30)22(24)15-4-5-21(31-3)28-12-15/h4-9,12-13,22,27H,10H2,1-3H3/t22-,24-/m1/s1. The van der Waals surface area contributed by atoms with Crippen LogP contribution in [-0.2, 0) is 10.2 Å². The summed E-state index contributed by atoms with van der Waals surface area (Å²) in [6.45, 7) is 1.98. The second-order valence-electron chi connectivity index (χ2n) is 8.05. The van der Waals surface area contributed by atoms with E-state index in [0.717, 1.165) is 16.0 Å². The molecule has 1 aliphatic rings. The van der Waals surface area contributed by atoms with Gasteiger partial charge < -0.3 is 9.64 Å². The van der Waals surface area contributed by atoms with E-state index in [-0.39, 0.29) is 17.3 Å². The van der Waals surface area contributed by atoms with E-state index in [2.05, 4.69) is 4.98 Å². The van der Waals surface area contributed by atoms with Crippen molar-refractivity contribution in [2.45, 2.75) is 24.7 Å². The topological polar surface area (TPSA) is 90.1 Å². The first kappa shape index (κ1) is 21.7. The van der Waals surface area contributed by atoms with Crippen molar-refractivity contribution in [2.75, 3.05) is 14.2 Å². The summed E-state index contributed by atoms with van der Waals surface area (Å²) in [5.74, 6) is -0.506. The molecule has 1 amide bonds. The molecule has 0 bridgehead atoms. The number of carbonyl (C=O) groups is 1. The van der Waals surface area contributed by atoms with E-state index in [1.165, 1.54) is 35.5 Å². The molecular weight excluding hydrogens is 427 g/mol. The van der Waals surface area contributed by atoms with Gasteiger partial charge in [0, 0.05) is 36.0 Å². The molecule has 1 aliphatic heterocycles. The summed E-state index contributed by atoms with van der Waals surface area (Å²) < 4.78 is 19.1. The number of pyridine rings is 1. The minimum Gasteiger partial charge on any atom is -0.481 e. The lowest BCUT2D eigenvalue weighted by Gasteiger charge is -2.43. The van der Waals surface area contributed by atoms with Crippen LogP contribution < -0.4 is 4.74 Å². The Morgan fingerprint density at radius 2 is 2.09 bits per heavy atom. The van der Waals surface area contributed by atoms with Crippen molar-refractivity contribution in [2.24, 2.45) is 0 Å².